The van der Waals surface area contributed by atoms with E-state index in [0.29, 0.717) is 4.57 Å². The molecule has 0 amide bonds. The van der Waals surface area contributed by atoms with Crippen molar-refractivity contribution in [3.05, 3.63) is 45.5 Å². The first-order chi connectivity index (χ1) is 19.0. The van der Waals surface area contributed by atoms with Crippen molar-refractivity contribution in [1.29, 1.82) is 0 Å². The van der Waals surface area contributed by atoms with Crippen LogP contribution in [0.25, 0.3) is 0 Å². The number of aliphatic hydroxyl groups excluding tert-OH is 5. The average molecular weight is 628 g/mol. The fourth-order valence-electron chi connectivity index (χ4n) is 4.07. The second-order valence-corrected chi connectivity index (χ2v) is 12.4. The fraction of sp³-hybridized carbons (Fsp3) is 0.556. The predicted octanol–water partition coefficient (Wildman–Crippen LogP) is -4.46. The third-order valence-electron chi connectivity index (χ3n) is 6.11. The van der Waals surface area contributed by atoms with E-state index in [9.17, 15) is 54.0 Å². The van der Waals surface area contributed by atoms with Gasteiger partial charge in [0.15, 0.2) is 18.3 Å². The Hall–Kier alpha value is -2.62. The lowest BCUT2D eigenvalue weighted by Crippen LogP contribution is -2.39. The number of nitrogens with zero attached hydrogens (tertiary/aromatic N) is 4. The quantitative estimate of drug-likeness (QED) is 0.118. The second kappa shape index (κ2) is 11.6. The highest BCUT2D eigenvalue weighted by Gasteiger charge is 2.54. The van der Waals surface area contributed by atoms with Crippen LogP contribution < -0.4 is 22.8 Å². The summed E-state index contributed by atoms with van der Waals surface area (Å²) < 4.78 is 45.8. The van der Waals surface area contributed by atoms with Gasteiger partial charge < -0.3 is 56.3 Å². The Kier molecular flexibility index (Phi) is 8.84. The largest absolute Gasteiger partial charge is 0.479 e. The van der Waals surface area contributed by atoms with Crippen molar-refractivity contribution in [2.24, 2.45) is 0 Å². The Morgan fingerprint density at radius 1 is 0.878 bits per heavy atom. The van der Waals surface area contributed by atoms with Crippen LogP contribution in [0.3, 0.4) is 0 Å². The number of phosphoric acid groups is 1. The number of anilines is 2. The van der Waals surface area contributed by atoms with E-state index in [1.807, 2.05) is 0 Å². The van der Waals surface area contributed by atoms with Crippen LogP contribution in [0.1, 0.15) is 12.5 Å². The van der Waals surface area contributed by atoms with Crippen LogP contribution in [0.4, 0.5) is 11.6 Å². The van der Waals surface area contributed by atoms with Crippen molar-refractivity contribution in [1.82, 2.24) is 19.1 Å². The summed E-state index contributed by atoms with van der Waals surface area (Å²) in [6.07, 6.45) is -12.4. The smallest absolute Gasteiger partial charge is 0.387 e. The molecule has 23 heteroatoms. The van der Waals surface area contributed by atoms with E-state index in [2.05, 4.69) is 18.8 Å². The van der Waals surface area contributed by atoms with Crippen molar-refractivity contribution >= 4 is 27.1 Å². The highest BCUT2D eigenvalue weighted by molar-refractivity contribution is 7.64. The molecule has 2 fully saturated rings. The van der Waals surface area contributed by atoms with Crippen LogP contribution in [-0.2, 0) is 27.4 Å². The summed E-state index contributed by atoms with van der Waals surface area (Å²) in [5, 5.41) is 51.4. The Bertz CT molecular complexity index is 1490. The first-order valence-corrected chi connectivity index (χ1v) is 14.6. The van der Waals surface area contributed by atoms with Crippen LogP contribution in [-0.4, -0.2) is 103 Å². The maximum absolute atomic E-state index is 12.7. The minimum Gasteiger partial charge on any atom is -0.387 e. The van der Waals surface area contributed by atoms with Gasteiger partial charge in [-0.3, -0.25) is 18.2 Å². The normalized spacial score (nSPS) is 33.7. The summed E-state index contributed by atoms with van der Waals surface area (Å²) in [6.45, 7) is -1.04. The lowest BCUT2D eigenvalue weighted by molar-refractivity contribution is -0.0698. The SMILES string of the molecule is Nc1ccn([C@@H]2O[C@H](C(O)P(=O)(O)OP(=O)(O)OC[C@H]3O[C@@H](n4ccc(N)nc4=O)[C@H](O)[C@@H]3O)[C@@H](O)[C@H]2O)c(=O)n1. The molecule has 2 aromatic rings. The number of hydrogen-bond acceptors (Lipinski definition) is 17. The van der Waals surface area contributed by atoms with Gasteiger partial charge in [0.1, 0.15) is 48.3 Å². The molecule has 4 rings (SSSR count). The van der Waals surface area contributed by atoms with Crippen molar-refractivity contribution < 1.29 is 62.8 Å². The first-order valence-electron chi connectivity index (χ1n) is 11.4. The van der Waals surface area contributed by atoms with E-state index in [4.69, 9.17) is 20.9 Å². The molecule has 11 atom stereocenters. The summed E-state index contributed by atoms with van der Waals surface area (Å²) >= 11 is 0. The van der Waals surface area contributed by atoms with E-state index < -0.39 is 88.3 Å². The maximum Gasteiger partial charge on any atom is 0.479 e. The van der Waals surface area contributed by atoms with E-state index in [0.717, 1.165) is 23.0 Å². The zero-order valence-corrected chi connectivity index (χ0v) is 22.2. The highest BCUT2D eigenvalue weighted by atomic mass is 31.3. The minimum absolute atomic E-state index is 0.134. The predicted molar refractivity (Wildman–Crippen MR) is 130 cm³/mol. The van der Waals surface area contributed by atoms with E-state index in [1.54, 1.807) is 0 Å². The summed E-state index contributed by atoms with van der Waals surface area (Å²) in [6, 6.07) is 2.34. The Morgan fingerprint density at radius 3 is 1.88 bits per heavy atom. The van der Waals surface area contributed by atoms with Gasteiger partial charge in [-0.25, -0.2) is 18.5 Å². The van der Waals surface area contributed by atoms with Crippen molar-refractivity contribution in [2.45, 2.75) is 54.9 Å². The number of rotatable bonds is 9. The average Bonchev–Trinajstić information content (AvgIpc) is 3.32. The van der Waals surface area contributed by atoms with Gasteiger partial charge >= 0.3 is 26.8 Å². The van der Waals surface area contributed by atoms with Gasteiger partial charge in [0, 0.05) is 12.4 Å². The Balaban J connectivity index is 1.41. The molecule has 4 heterocycles. The third-order valence-corrected chi connectivity index (χ3v) is 9.31. The van der Waals surface area contributed by atoms with Crippen molar-refractivity contribution in [3.63, 3.8) is 0 Å². The molecule has 0 saturated carbocycles. The molecular weight excluding hydrogens is 602 g/mol. The number of nitrogens with two attached hydrogens (primary N) is 2. The molecule has 0 radical (unpaired) electrons. The number of nitrogen functional groups attached to an aromatic ring is 2. The molecule has 0 aliphatic carbocycles. The molecule has 41 heavy (non-hydrogen) atoms. The molecule has 228 valence electrons. The molecule has 2 aliphatic rings. The molecule has 2 aromatic heterocycles. The summed E-state index contributed by atoms with van der Waals surface area (Å²) in [5.74, 6) is -3.08. The van der Waals surface area contributed by atoms with Gasteiger partial charge in [-0.2, -0.15) is 9.97 Å². The molecule has 0 spiro atoms. The highest BCUT2D eigenvalue weighted by Crippen LogP contribution is 2.63. The zero-order chi connectivity index (χ0) is 30.4. The first kappa shape index (κ1) is 31.3. The van der Waals surface area contributed by atoms with Crippen LogP contribution in [0.5, 0.6) is 0 Å². The Morgan fingerprint density at radius 2 is 1.37 bits per heavy atom. The number of aliphatic hydroxyl groups is 5. The molecule has 21 nitrogen and oxygen atoms in total. The van der Waals surface area contributed by atoms with Gasteiger partial charge in [-0.05, 0) is 12.1 Å². The van der Waals surface area contributed by atoms with Gasteiger partial charge in [-0.15, -0.1) is 0 Å². The molecule has 0 aromatic carbocycles. The fourth-order valence-corrected chi connectivity index (χ4v) is 6.78. The van der Waals surface area contributed by atoms with Crippen LogP contribution >= 0.6 is 15.4 Å². The standard InChI is InChI=1S/C18H26N6O15P2/c19-7-1-3-23(17(30)21-7)14-11(27)9(25)6(37-14)5-36-41(34,35)39-40(32,33)16(29)13-10(26)12(28)15(38-13)24-4-2-8(20)22-18(24)31/h1-4,6,9-16,25-29H,5H2,(H,32,33)(H,34,35)(H2,19,21,30)(H2,20,22,31)/t6-,9-,10+,11-,12-,13+,14-,15-,16?/m1/s1. The Labute approximate surface area is 227 Å². The van der Waals surface area contributed by atoms with Gasteiger partial charge in [-0.1, -0.05) is 0 Å². The molecule has 11 N–H and O–H groups in total. The number of aromatic nitrogens is 4. The second-order valence-electron chi connectivity index (χ2n) is 8.93. The molecule has 2 saturated heterocycles. The monoisotopic (exact) mass is 628 g/mol. The van der Waals surface area contributed by atoms with Crippen LogP contribution in [0, 0.1) is 0 Å². The van der Waals surface area contributed by atoms with E-state index in [1.165, 1.54) is 6.07 Å². The van der Waals surface area contributed by atoms with Crippen LogP contribution in [0.2, 0.25) is 0 Å². The van der Waals surface area contributed by atoms with Crippen molar-refractivity contribution in [3.8, 4) is 0 Å². The topological polar surface area (TPSA) is 334 Å². The number of hydrogen-bond donors (Lipinski definition) is 9. The van der Waals surface area contributed by atoms with Gasteiger partial charge in [0.05, 0.1) is 6.61 Å². The van der Waals surface area contributed by atoms with Gasteiger partial charge in [0.25, 0.3) is 0 Å². The van der Waals surface area contributed by atoms with E-state index >= 15 is 0 Å². The number of phosphoric ester groups is 1. The van der Waals surface area contributed by atoms with Crippen molar-refractivity contribution in [2.75, 3.05) is 18.1 Å². The maximum atomic E-state index is 12.7. The van der Waals surface area contributed by atoms with Gasteiger partial charge in [0.2, 0.25) is 0 Å². The van der Waals surface area contributed by atoms with Crippen LogP contribution in [0.15, 0.2) is 34.1 Å². The molecule has 0 bridgehead atoms. The molecule has 2 aliphatic heterocycles. The summed E-state index contributed by atoms with van der Waals surface area (Å²) in [5.41, 5.74) is 8.80. The minimum atomic E-state index is -5.64. The lowest BCUT2D eigenvalue weighted by Gasteiger charge is -2.26. The third kappa shape index (κ3) is 6.42. The summed E-state index contributed by atoms with van der Waals surface area (Å²) in [4.78, 5) is 51.1. The molecule has 3 unspecified atom stereocenters. The number of ether oxygens (including phenoxy) is 2. The van der Waals surface area contributed by atoms with E-state index in [-0.39, 0.29) is 11.6 Å². The lowest BCUT2D eigenvalue weighted by atomic mass is 10.1. The summed E-state index contributed by atoms with van der Waals surface area (Å²) in [7, 11) is -11.2. The molecular formula is C18H26N6O15P2. The zero-order valence-electron chi connectivity index (χ0n) is 20.4.